The van der Waals surface area contributed by atoms with E-state index >= 15 is 0 Å². The number of hydrogen-bond donors (Lipinski definition) is 1. The molecule has 0 unspecified atom stereocenters. The summed E-state index contributed by atoms with van der Waals surface area (Å²) in [5, 5.41) is 3.46. The van der Waals surface area contributed by atoms with Crippen molar-refractivity contribution in [3.63, 3.8) is 0 Å². The van der Waals surface area contributed by atoms with Crippen molar-refractivity contribution >= 4 is 12.4 Å². The number of benzene rings is 2. The molecule has 0 aliphatic rings. The van der Waals surface area contributed by atoms with Crippen molar-refractivity contribution in [1.29, 1.82) is 0 Å². The number of aryl methyl sites for hydroxylation is 1. The Kier molecular flexibility index (Phi) is 10.2. The fourth-order valence-corrected chi connectivity index (χ4v) is 2.38. The Hall–Kier alpha value is -1.55. The molecular formula is C21H30ClNO2. The standard InChI is InChI=1S/C21H29NO2.ClH/c1-17(2)23-14-6-13-22-15-20-7-4-5-8-21(20)24-16-19-11-9-18(3)10-12-19;/h4-5,7-12,17,22H,6,13-16H2,1-3H3;1H. The van der Waals surface area contributed by atoms with Crippen LogP contribution in [0.1, 0.15) is 37.0 Å². The van der Waals surface area contributed by atoms with E-state index in [1.807, 2.05) is 12.1 Å². The molecule has 3 nitrogen and oxygen atoms in total. The van der Waals surface area contributed by atoms with Crippen molar-refractivity contribution in [1.82, 2.24) is 5.32 Å². The summed E-state index contributed by atoms with van der Waals surface area (Å²) in [4.78, 5) is 0. The van der Waals surface area contributed by atoms with E-state index in [2.05, 4.69) is 62.5 Å². The minimum atomic E-state index is 0. The fraction of sp³-hybridized carbons (Fsp3) is 0.429. The topological polar surface area (TPSA) is 30.5 Å². The maximum Gasteiger partial charge on any atom is 0.124 e. The molecule has 0 heterocycles. The molecular weight excluding hydrogens is 334 g/mol. The van der Waals surface area contributed by atoms with Crippen molar-refractivity contribution < 1.29 is 9.47 Å². The Morgan fingerprint density at radius 2 is 1.72 bits per heavy atom. The smallest absolute Gasteiger partial charge is 0.124 e. The first-order chi connectivity index (χ1) is 11.6. The fourth-order valence-electron chi connectivity index (χ4n) is 2.38. The van der Waals surface area contributed by atoms with Crippen LogP contribution < -0.4 is 10.1 Å². The molecule has 0 spiro atoms. The summed E-state index contributed by atoms with van der Waals surface area (Å²) in [7, 11) is 0. The SMILES string of the molecule is Cc1ccc(COc2ccccc2CNCCCOC(C)C)cc1.Cl. The normalized spacial score (nSPS) is 10.6. The summed E-state index contributed by atoms with van der Waals surface area (Å²) in [6, 6.07) is 16.7. The van der Waals surface area contributed by atoms with E-state index in [0.717, 1.165) is 31.9 Å². The highest BCUT2D eigenvalue weighted by Crippen LogP contribution is 2.19. The van der Waals surface area contributed by atoms with Crippen molar-refractivity contribution in [2.45, 2.75) is 46.4 Å². The van der Waals surface area contributed by atoms with Crippen LogP contribution >= 0.6 is 12.4 Å². The molecule has 0 amide bonds. The van der Waals surface area contributed by atoms with Gasteiger partial charge in [-0.05, 0) is 45.4 Å². The lowest BCUT2D eigenvalue weighted by atomic mass is 10.1. The van der Waals surface area contributed by atoms with Crippen molar-refractivity contribution in [3.8, 4) is 5.75 Å². The molecule has 0 saturated carbocycles. The predicted molar refractivity (Wildman–Crippen MR) is 107 cm³/mol. The maximum atomic E-state index is 6.01. The second-order valence-electron chi connectivity index (χ2n) is 6.33. The summed E-state index contributed by atoms with van der Waals surface area (Å²) < 4.78 is 11.6. The number of hydrogen-bond acceptors (Lipinski definition) is 3. The molecule has 0 radical (unpaired) electrons. The van der Waals surface area contributed by atoms with Gasteiger partial charge in [-0.25, -0.2) is 0 Å². The van der Waals surface area contributed by atoms with Gasteiger partial charge in [-0.15, -0.1) is 12.4 Å². The minimum absolute atomic E-state index is 0. The van der Waals surface area contributed by atoms with Gasteiger partial charge >= 0.3 is 0 Å². The molecule has 0 aliphatic carbocycles. The summed E-state index contributed by atoms with van der Waals surface area (Å²) in [6.45, 7) is 9.38. The summed E-state index contributed by atoms with van der Waals surface area (Å²) in [5.41, 5.74) is 3.65. The van der Waals surface area contributed by atoms with Gasteiger partial charge in [0.15, 0.2) is 0 Å². The Morgan fingerprint density at radius 1 is 1.00 bits per heavy atom. The van der Waals surface area contributed by atoms with Gasteiger partial charge in [0, 0.05) is 18.7 Å². The Labute approximate surface area is 158 Å². The van der Waals surface area contributed by atoms with E-state index in [9.17, 15) is 0 Å². The maximum absolute atomic E-state index is 6.01. The Balaban J connectivity index is 0.00000312. The van der Waals surface area contributed by atoms with Crippen LogP contribution in [0.25, 0.3) is 0 Å². The lowest BCUT2D eigenvalue weighted by Crippen LogP contribution is -2.17. The average molecular weight is 364 g/mol. The van der Waals surface area contributed by atoms with Gasteiger partial charge in [0.2, 0.25) is 0 Å². The summed E-state index contributed by atoms with van der Waals surface area (Å²) in [6.07, 6.45) is 1.32. The van der Waals surface area contributed by atoms with Gasteiger partial charge < -0.3 is 14.8 Å². The molecule has 0 aromatic heterocycles. The van der Waals surface area contributed by atoms with Gasteiger partial charge in [0.05, 0.1) is 6.10 Å². The number of rotatable bonds is 10. The third kappa shape index (κ3) is 8.39. The Morgan fingerprint density at radius 3 is 2.44 bits per heavy atom. The Bertz CT molecular complexity index is 599. The van der Waals surface area contributed by atoms with Crippen LogP contribution in [0, 0.1) is 6.92 Å². The average Bonchev–Trinajstić information content (AvgIpc) is 2.58. The number of ether oxygens (including phenoxy) is 2. The van der Waals surface area contributed by atoms with E-state index < -0.39 is 0 Å². The molecule has 0 aliphatic heterocycles. The number of nitrogens with one attached hydrogen (secondary N) is 1. The zero-order chi connectivity index (χ0) is 17.2. The third-order valence-electron chi connectivity index (χ3n) is 3.75. The largest absolute Gasteiger partial charge is 0.489 e. The molecule has 0 atom stereocenters. The second kappa shape index (κ2) is 11.9. The zero-order valence-corrected chi connectivity index (χ0v) is 16.3. The zero-order valence-electron chi connectivity index (χ0n) is 15.5. The molecule has 2 rings (SSSR count). The van der Waals surface area contributed by atoms with Crippen LogP contribution in [-0.4, -0.2) is 19.3 Å². The second-order valence-corrected chi connectivity index (χ2v) is 6.33. The first kappa shape index (κ1) is 21.5. The van der Waals surface area contributed by atoms with E-state index in [4.69, 9.17) is 9.47 Å². The lowest BCUT2D eigenvalue weighted by Gasteiger charge is -2.13. The molecule has 0 fully saturated rings. The monoisotopic (exact) mass is 363 g/mol. The van der Waals surface area contributed by atoms with Gasteiger partial charge in [-0.2, -0.15) is 0 Å². The van der Waals surface area contributed by atoms with Crippen molar-refractivity contribution in [2.24, 2.45) is 0 Å². The number of halogens is 1. The van der Waals surface area contributed by atoms with Crippen LogP contribution in [0.4, 0.5) is 0 Å². The molecule has 2 aromatic carbocycles. The highest BCUT2D eigenvalue weighted by Gasteiger charge is 2.03. The molecule has 25 heavy (non-hydrogen) atoms. The molecule has 0 bridgehead atoms. The summed E-state index contributed by atoms with van der Waals surface area (Å²) in [5.74, 6) is 0.948. The van der Waals surface area contributed by atoms with Crippen molar-refractivity contribution in [2.75, 3.05) is 13.2 Å². The van der Waals surface area contributed by atoms with Crippen LogP contribution in [0.15, 0.2) is 48.5 Å². The minimum Gasteiger partial charge on any atom is -0.489 e. The molecule has 1 N–H and O–H groups in total. The first-order valence-electron chi connectivity index (χ1n) is 8.73. The van der Waals surface area contributed by atoms with Gasteiger partial charge in [-0.1, -0.05) is 48.0 Å². The van der Waals surface area contributed by atoms with Crippen LogP contribution in [0.3, 0.4) is 0 Å². The lowest BCUT2D eigenvalue weighted by molar-refractivity contribution is 0.0770. The van der Waals surface area contributed by atoms with Gasteiger partial charge in [-0.3, -0.25) is 0 Å². The highest BCUT2D eigenvalue weighted by molar-refractivity contribution is 5.85. The van der Waals surface area contributed by atoms with Crippen LogP contribution in [0.5, 0.6) is 5.75 Å². The highest BCUT2D eigenvalue weighted by atomic mass is 35.5. The summed E-state index contributed by atoms with van der Waals surface area (Å²) >= 11 is 0. The van der Waals surface area contributed by atoms with Gasteiger partial charge in [0.25, 0.3) is 0 Å². The molecule has 0 saturated heterocycles. The van der Waals surface area contributed by atoms with Gasteiger partial charge in [0.1, 0.15) is 12.4 Å². The quantitative estimate of drug-likeness (QED) is 0.609. The van der Waals surface area contributed by atoms with E-state index in [1.54, 1.807) is 0 Å². The predicted octanol–water partition coefficient (Wildman–Crippen LogP) is 4.90. The van der Waals surface area contributed by atoms with E-state index in [0.29, 0.717) is 12.7 Å². The molecule has 138 valence electrons. The van der Waals surface area contributed by atoms with Crippen molar-refractivity contribution in [3.05, 3.63) is 65.2 Å². The third-order valence-corrected chi connectivity index (χ3v) is 3.75. The van der Waals surface area contributed by atoms with Crippen LogP contribution in [0.2, 0.25) is 0 Å². The molecule has 2 aromatic rings. The number of para-hydroxylation sites is 1. The van der Waals surface area contributed by atoms with E-state index in [1.165, 1.54) is 16.7 Å². The van der Waals surface area contributed by atoms with Crippen LogP contribution in [-0.2, 0) is 17.9 Å². The molecule has 4 heteroatoms. The first-order valence-corrected chi connectivity index (χ1v) is 8.73. The van der Waals surface area contributed by atoms with E-state index in [-0.39, 0.29) is 12.4 Å².